The van der Waals surface area contributed by atoms with E-state index in [0.29, 0.717) is 6.61 Å². The van der Waals surface area contributed by atoms with Crippen molar-refractivity contribution in [2.24, 2.45) is 0 Å². The van der Waals surface area contributed by atoms with Crippen molar-refractivity contribution in [1.29, 1.82) is 0 Å². The standard InChI is InChI=1S/C11H16BrNO2/c1-13(2)5-6-15-11-4-3-10(12)7-9(11)8-14/h3-4,7,14H,5-6,8H2,1-2H3. The molecule has 3 nitrogen and oxygen atoms in total. The second-order valence-corrected chi connectivity index (χ2v) is 4.48. The first-order valence-corrected chi connectivity index (χ1v) is 5.59. The van der Waals surface area contributed by atoms with Gasteiger partial charge >= 0.3 is 0 Å². The molecule has 1 N–H and O–H groups in total. The van der Waals surface area contributed by atoms with E-state index >= 15 is 0 Å². The van der Waals surface area contributed by atoms with Gasteiger partial charge in [0.15, 0.2) is 0 Å². The van der Waals surface area contributed by atoms with Crippen LogP contribution in [0.5, 0.6) is 5.75 Å². The van der Waals surface area contributed by atoms with Gasteiger partial charge in [-0.3, -0.25) is 0 Å². The Balaban J connectivity index is 2.60. The summed E-state index contributed by atoms with van der Waals surface area (Å²) < 4.78 is 6.52. The summed E-state index contributed by atoms with van der Waals surface area (Å²) in [7, 11) is 4.00. The van der Waals surface area contributed by atoms with Crippen molar-refractivity contribution in [2.75, 3.05) is 27.2 Å². The van der Waals surface area contributed by atoms with Gasteiger partial charge in [-0.2, -0.15) is 0 Å². The van der Waals surface area contributed by atoms with Gasteiger partial charge in [0.1, 0.15) is 12.4 Å². The van der Waals surface area contributed by atoms with E-state index in [1.807, 2.05) is 32.3 Å². The molecule has 0 spiro atoms. The van der Waals surface area contributed by atoms with Gasteiger partial charge in [-0.1, -0.05) is 15.9 Å². The monoisotopic (exact) mass is 273 g/mol. The van der Waals surface area contributed by atoms with Crippen molar-refractivity contribution < 1.29 is 9.84 Å². The number of hydrogen-bond acceptors (Lipinski definition) is 3. The molecule has 1 aromatic carbocycles. The highest BCUT2D eigenvalue weighted by atomic mass is 79.9. The van der Waals surface area contributed by atoms with Crippen molar-refractivity contribution in [3.8, 4) is 5.75 Å². The number of nitrogens with zero attached hydrogens (tertiary/aromatic N) is 1. The summed E-state index contributed by atoms with van der Waals surface area (Å²) in [5, 5.41) is 9.14. The Morgan fingerprint density at radius 3 is 2.73 bits per heavy atom. The first kappa shape index (κ1) is 12.5. The molecule has 15 heavy (non-hydrogen) atoms. The number of aliphatic hydroxyl groups is 1. The molecule has 0 radical (unpaired) electrons. The molecule has 0 aliphatic heterocycles. The number of likely N-dealkylation sites (N-methyl/N-ethyl adjacent to an activating group) is 1. The van der Waals surface area contributed by atoms with Gasteiger partial charge in [-0.15, -0.1) is 0 Å². The van der Waals surface area contributed by atoms with Crippen molar-refractivity contribution in [2.45, 2.75) is 6.61 Å². The predicted molar refractivity (Wildman–Crippen MR) is 64.1 cm³/mol. The Hall–Kier alpha value is -0.580. The van der Waals surface area contributed by atoms with Crippen LogP contribution in [0.25, 0.3) is 0 Å². The Bertz CT molecular complexity index is 315. The average Bonchev–Trinajstić information content (AvgIpc) is 2.19. The molecule has 0 saturated carbocycles. The molecule has 0 atom stereocenters. The minimum absolute atomic E-state index is 0.00324. The lowest BCUT2D eigenvalue weighted by Crippen LogP contribution is -2.19. The SMILES string of the molecule is CN(C)CCOc1ccc(Br)cc1CO. The molecule has 1 rings (SSSR count). The maximum atomic E-state index is 9.14. The number of aliphatic hydroxyl groups excluding tert-OH is 1. The lowest BCUT2D eigenvalue weighted by Gasteiger charge is -2.13. The van der Waals surface area contributed by atoms with Crippen LogP contribution < -0.4 is 4.74 Å². The maximum Gasteiger partial charge on any atom is 0.124 e. The molecule has 0 heterocycles. The van der Waals surface area contributed by atoms with E-state index in [1.165, 1.54) is 0 Å². The molecule has 1 aromatic rings. The third-order valence-corrected chi connectivity index (χ3v) is 2.48. The molecule has 0 amide bonds. The van der Waals surface area contributed by atoms with Crippen LogP contribution in [0.3, 0.4) is 0 Å². The quantitative estimate of drug-likeness (QED) is 0.890. The highest BCUT2D eigenvalue weighted by molar-refractivity contribution is 9.10. The van der Waals surface area contributed by atoms with Crippen molar-refractivity contribution >= 4 is 15.9 Å². The van der Waals surface area contributed by atoms with E-state index in [0.717, 1.165) is 22.3 Å². The first-order valence-electron chi connectivity index (χ1n) is 4.80. The summed E-state index contributed by atoms with van der Waals surface area (Å²) in [6.07, 6.45) is 0. The molecular weight excluding hydrogens is 258 g/mol. The number of halogens is 1. The Labute approximate surface area is 98.8 Å². The molecule has 0 aliphatic carbocycles. The summed E-state index contributed by atoms with van der Waals surface area (Å²) in [4.78, 5) is 2.05. The summed E-state index contributed by atoms with van der Waals surface area (Å²) in [5.41, 5.74) is 0.808. The highest BCUT2D eigenvalue weighted by Crippen LogP contribution is 2.23. The van der Waals surface area contributed by atoms with Gasteiger partial charge in [-0.05, 0) is 32.3 Å². The smallest absolute Gasteiger partial charge is 0.124 e. The zero-order chi connectivity index (χ0) is 11.3. The molecule has 84 valence electrons. The van der Waals surface area contributed by atoms with Crippen LogP contribution in [-0.4, -0.2) is 37.3 Å². The number of rotatable bonds is 5. The Morgan fingerprint density at radius 1 is 1.40 bits per heavy atom. The Morgan fingerprint density at radius 2 is 2.13 bits per heavy atom. The van der Waals surface area contributed by atoms with Gasteiger partial charge < -0.3 is 14.7 Å². The highest BCUT2D eigenvalue weighted by Gasteiger charge is 2.03. The molecule has 0 aromatic heterocycles. The van der Waals surface area contributed by atoms with E-state index in [4.69, 9.17) is 9.84 Å². The fraction of sp³-hybridized carbons (Fsp3) is 0.455. The van der Waals surface area contributed by atoms with Gasteiger partial charge in [0.05, 0.1) is 6.61 Å². The molecule has 0 bridgehead atoms. The van der Waals surface area contributed by atoms with Gasteiger partial charge in [0, 0.05) is 16.6 Å². The van der Waals surface area contributed by atoms with Crippen LogP contribution >= 0.6 is 15.9 Å². The van der Waals surface area contributed by atoms with E-state index < -0.39 is 0 Å². The van der Waals surface area contributed by atoms with Crippen LogP contribution in [0, 0.1) is 0 Å². The van der Waals surface area contributed by atoms with Crippen molar-refractivity contribution in [3.05, 3.63) is 28.2 Å². The van der Waals surface area contributed by atoms with Gasteiger partial charge in [-0.25, -0.2) is 0 Å². The zero-order valence-electron chi connectivity index (χ0n) is 9.03. The fourth-order valence-corrected chi connectivity index (χ4v) is 1.56. The second kappa shape index (κ2) is 6.10. The van der Waals surface area contributed by atoms with Crippen LogP contribution in [-0.2, 0) is 6.61 Å². The third-order valence-electron chi connectivity index (χ3n) is 1.99. The van der Waals surface area contributed by atoms with Crippen molar-refractivity contribution in [1.82, 2.24) is 4.90 Å². The third kappa shape index (κ3) is 4.20. The van der Waals surface area contributed by atoms with Crippen molar-refractivity contribution in [3.63, 3.8) is 0 Å². The average molecular weight is 274 g/mol. The number of hydrogen-bond donors (Lipinski definition) is 1. The van der Waals surface area contributed by atoms with E-state index in [1.54, 1.807) is 0 Å². The number of benzene rings is 1. The Kier molecular flexibility index (Phi) is 5.08. The van der Waals surface area contributed by atoms with Crippen LogP contribution in [0.4, 0.5) is 0 Å². The zero-order valence-corrected chi connectivity index (χ0v) is 10.6. The van der Waals surface area contributed by atoms with Gasteiger partial charge in [0.25, 0.3) is 0 Å². The van der Waals surface area contributed by atoms with Crippen LogP contribution in [0.15, 0.2) is 22.7 Å². The second-order valence-electron chi connectivity index (χ2n) is 3.56. The van der Waals surface area contributed by atoms with E-state index in [9.17, 15) is 0 Å². The number of ether oxygens (including phenoxy) is 1. The largest absolute Gasteiger partial charge is 0.492 e. The molecule has 4 heteroatoms. The minimum atomic E-state index is -0.00324. The molecule has 0 aliphatic rings. The molecule has 0 saturated heterocycles. The lowest BCUT2D eigenvalue weighted by atomic mass is 10.2. The van der Waals surface area contributed by atoms with Crippen LogP contribution in [0.2, 0.25) is 0 Å². The topological polar surface area (TPSA) is 32.7 Å². The summed E-state index contributed by atoms with van der Waals surface area (Å²) in [6.45, 7) is 1.49. The normalized spacial score (nSPS) is 10.7. The molecule has 0 unspecified atom stereocenters. The summed E-state index contributed by atoms with van der Waals surface area (Å²) in [6, 6.07) is 5.64. The summed E-state index contributed by atoms with van der Waals surface area (Å²) >= 11 is 3.35. The lowest BCUT2D eigenvalue weighted by molar-refractivity contribution is 0.243. The predicted octanol–water partition coefficient (Wildman–Crippen LogP) is 1.88. The van der Waals surface area contributed by atoms with E-state index in [-0.39, 0.29) is 6.61 Å². The minimum Gasteiger partial charge on any atom is -0.492 e. The molecular formula is C11H16BrNO2. The van der Waals surface area contributed by atoms with Crippen LogP contribution in [0.1, 0.15) is 5.56 Å². The fourth-order valence-electron chi connectivity index (χ4n) is 1.15. The van der Waals surface area contributed by atoms with Gasteiger partial charge in [0.2, 0.25) is 0 Å². The summed E-state index contributed by atoms with van der Waals surface area (Å²) in [5.74, 6) is 0.752. The maximum absolute atomic E-state index is 9.14. The molecule has 0 fully saturated rings. The van der Waals surface area contributed by atoms with E-state index in [2.05, 4.69) is 20.8 Å². The first-order chi connectivity index (χ1) is 7.13.